The first-order valence-corrected chi connectivity index (χ1v) is 19.6. The second-order valence-corrected chi connectivity index (χ2v) is 14.9. The van der Waals surface area contributed by atoms with Crippen molar-refractivity contribution >= 4 is 77.0 Å². The molecule has 0 aliphatic heterocycles. The number of rotatable bonds is 6. The molecule has 0 amide bonds. The standard InChI is InChI=1S/C54H35N3/c1-4-15-36(16-5-1)37-27-29-40(30-28-37)55(39-19-8-3-9-20-39)41-31-33-42(34-32-41)56-49-26-14-23-44-43-21-10-12-24-47(43)57-48-25-13-11-22-45(48)51-46(38-17-6-2-7-18-38)35-50(56)53(52(44)49)54(51)57/h1-35H. The fourth-order valence-corrected chi connectivity index (χ4v) is 9.40. The average Bonchev–Trinajstić information content (AvgIpc) is 3.76. The topological polar surface area (TPSA) is 12.6 Å². The van der Waals surface area contributed by atoms with E-state index in [2.05, 4.69) is 226 Å². The summed E-state index contributed by atoms with van der Waals surface area (Å²) in [4.78, 5) is 2.34. The Bertz CT molecular complexity index is 3420. The summed E-state index contributed by atoms with van der Waals surface area (Å²) in [5, 5.41) is 7.65. The minimum atomic E-state index is 1.10. The Morgan fingerprint density at radius 1 is 0.316 bits per heavy atom. The molecule has 0 fully saturated rings. The second kappa shape index (κ2) is 12.5. The van der Waals surface area contributed by atoms with Gasteiger partial charge in [0.1, 0.15) is 0 Å². The Kier molecular flexibility index (Phi) is 6.93. The van der Waals surface area contributed by atoms with E-state index < -0.39 is 0 Å². The maximum absolute atomic E-state index is 2.53. The molecule has 0 atom stereocenters. The number of aromatic nitrogens is 2. The number of hydrogen-bond donors (Lipinski definition) is 0. The quantitative estimate of drug-likeness (QED) is 0.166. The zero-order valence-electron chi connectivity index (χ0n) is 31.0. The summed E-state index contributed by atoms with van der Waals surface area (Å²) in [7, 11) is 0. The second-order valence-electron chi connectivity index (χ2n) is 14.9. The third-order valence-electron chi connectivity index (χ3n) is 11.8. The van der Waals surface area contributed by atoms with E-state index in [0.29, 0.717) is 0 Å². The molecule has 12 rings (SSSR count). The van der Waals surface area contributed by atoms with Crippen LogP contribution in [-0.2, 0) is 0 Å². The highest BCUT2D eigenvalue weighted by Gasteiger charge is 2.25. The van der Waals surface area contributed by atoms with Gasteiger partial charge in [-0.1, -0.05) is 140 Å². The van der Waals surface area contributed by atoms with E-state index >= 15 is 0 Å². The van der Waals surface area contributed by atoms with Gasteiger partial charge in [-0.3, -0.25) is 0 Å². The molecule has 0 bridgehead atoms. The van der Waals surface area contributed by atoms with E-state index in [1.54, 1.807) is 0 Å². The summed E-state index contributed by atoms with van der Waals surface area (Å²) in [5.41, 5.74) is 15.4. The first-order chi connectivity index (χ1) is 28.3. The Balaban J connectivity index is 1.13. The molecule has 0 unspecified atom stereocenters. The smallest absolute Gasteiger partial charge is 0.0648 e. The average molecular weight is 726 g/mol. The number of benzene rings is 9. The maximum atomic E-state index is 2.53. The summed E-state index contributed by atoms with van der Waals surface area (Å²) in [6.07, 6.45) is 0. The van der Waals surface area contributed by atoms with Gasteiger partial charge < -0.3 is 13.9 Å². The highest BCUT2D eigenvalue weighted by Crippen LogP contribution is 2.48. The van der Waals surface area contributed by atoms with Crippen LogP contribution in [0.4, 0.5) is 17.1 Å². The summed E-state index contributed by atoms with van der Waals surface area (Å²) >= 11 is 0. The van der Waals surface area contributed by atoms with Gasteiger partial charge in [-0.2, -0.15) is 0 Å². The van der Waals surface area contributed by atoms with Crippen molar-refractivity contribution in [1.29, 1.82) is 0 Å². The van der Waals surface area contributed by atoms with Gasteiger partial charge in [0.2, 0.25) is 0 Å². The minimum Gasteiger partial charge on any atom is -0.311 e. The zero-order chi connectivity index (χ0) is 37.5. The van der Waals surface area contributed by atoms with E-state index in [4.69, 9.17) is 0 Å². The third-order valence-corrected chi connectivity index (χ3v) is 11.8. The van der Waals surface area contributed by atoms with Crippen LogP contribution in [0.2, 0.25) is 0 Å². The van der Waals surface area contributed by atoms with Gasteiger partial charge in [-0.15, -0.1) is 0 Å². The maximum Gasteiger partial charge on any atom is 0.0648 e. The van der Waals surface area contributed by atoms with E-state index in [1.165, 1.54) is 82.2 Å². The number of anilines is 3. The molecule has 12 aromatic rings. The molecule has 0 saturated heterocycles. The van der Waals surface area contributed by atoms with Crippen LogP contribution in [-0.4, -0.2) is 8.97 Å². The van der Waals surface area contributed by atoms with Gasteiger partial charge >= 0.3 is 0 Å². The van der Waals surface area contributed by atoms with Crippen molar-refractivity contribution in [3.05, 3.63) is 212 Å². The lowest BCUT2D eigenvalue weighted by molar-refractivity contribution is 1.17. The summed E-state index contributed by atoms with van der Waals surface area (Å²) in [6.45, 7) is 0. The van der Waals surface area contributed by atoms with Crippen LogP contribution >= 0.6 is 0 Å². The van der Waals surface area contributed by atoms with Gasteiger partial charge in [0.15, 0.2) is 0 Å². The van der Waals surface area contributed by atoms with Crippen LogP contribution in [0, 0.1) is 0 Å². The molecule has 9 aromatic carbocycles. The summed E-state index contributed by atoms with van der Waals surface area (Å²) < 4.78 is 5.02. The lowest BCUT2D eigenvalue weighted by Gasteiger charge is -2.26. The number of para-hydroxylation sites is 3. The van der Waals surface area contributed by atoms with Gasteiger partial charge in [0.25, 0.3) is 0 Å². The van der Waals surface area contributed by atoms with Crippen LogP contribution in [0.1, 0.15) is 0 Å². The van der Waals surface area contributed by atoms with Crippen LogP contribution in [0.25, 0.3) is 87.8 Å². The molecule has 3 aromatic heterocycles. The van der Waals surface area contributed by atoms with E-state index in [0.717, 1.165) is 22.7 Å². The van der Waals surface area contributed by atoms with E-state index in [9.17, 15) is 0 Å². The van der Waals surface area contributed by atoms with Gasteiger partial charge in [-0.25, -0.2) is 0 Å². The lowest BCUT2D eigenvalue weighted by Crippen LogP contribution is -2.10. The zero-order valence-corrected chi connectivity index (χ0v) is 31.0. The normalized spacial score (nSPS) is 11.9. The van der Waals surface area contributed by atoms with Crippen molar-refractivity contribution in [3.63, 3.8) is 0 Å². The number of hydrogen-bond acceptors (Lipinski definition) is 1. The molecule has 0 aliphatic rings. The van der Waals surface area contributed by atoms with Crippen molar-refractivity contribution in [2.45, 2.75) is 0 Å². The molecular weight excluding hydrogens is 691 g/mol. The minimum absolute atomic E-state index is 1.10. The van der Waals surface area contributed by atoms with Crippen molar-refractivity contribution in [1.82, 2.24) is 8.97 Å². The van der Waals surface area contributed by atoms with Crippen LogP contribution < -0.4 is 4.90 Å². The molecule has 266 valence electrons. The fraction of sp³-hybridized carbons (Fsp3) is 0. The van der Waals surface area contributed by atoms with Crippen molar-refractivity contribution in [2.24, 2.45) is 0 Å². The van der Waals surface area contributed by atoms with Gasteiger partial charge in [0, 0.05) is 49.7 Å². The highest BCUT2D eigenvalue weighted by molar-refractivity contribution is 6.35. The number of nitrogens with zero attached hydrogens (tertiary/aromatic N) is 3. The fourth-order valence-electron chi connectivity index (χ4n) is 9.40. The predicted molar refractivity (Wildman–Crippen MR) is 241 cm³/mol. The van der Waals surface area contributed by atoms with Crippen LogP contribution in [0.3, 0.4) is 0 Å². The predicted octanol–water partition coefficient (Wildman–Crippen LogP) is 14.7. The highest BCUT2D eigenvalue weighted by atomic mass is 15.1. The van der Waals surface area contributed by atoms with Crippen molar-refractivity contribution < 1.29 is 0 Å². The Labute approximate surface area is 329 Å². The molecule has 0 aliphatic carbocycles. The van der Waals surface area contributed by atoms with Crippen molar-refractivity contribution in [2.75, 3.05) is 4.90 Å². The van der Waals surface area contributed by atoms with Crippen LogP contribution in [0.15, 0.2) is 212 Å². The van der Waals surface area contributed by atoms with Gasteiger partial charge in [0.05, 0.1) is 27.6 Å². The van der Waals surface area contributed by atoms with E-state index in [1.807, 2.05) is 0 Å². The number of fused-ring (bicyclic) bond motifs is 6. The van der Waals surface area contributed by atoms with Gasteiger partial charge in [-0.05, 0) is 100 Å². The molecule has 3 nitrogen and oxygen atoms in total. The lowest BCUT2D eigenvalue weighted by atomic mass is 9.96. The summed E-state index contributed by atoms with van der Waals surface area (Å²) in [6, 6.07) is 77.2. The van der Waals surface area contributed by atoms with Crippen LogP contribution in [0.5, 0.6) is 0 Å². The Morgan fingerprint density at radius 3 is 1.53 bits per heavy atom. The molecule has 3 heteroatoms. The molecule has 0 saturated carbocycles. The Morgan fingerprint density at radius 2 is 0.825 bits per heavy atom. The molecule has 0 N–H and O–H groups in total. The SMILES string of the molecule is c1ccc(-c2ccc(N(c3ccccc3)c3ccc(-n4c5cccc6c7ccccc7n7c8ccccc8c8c(-c9ccccc9)cc4c(c65)c87)cc3)cc2)cc1. The monoisotopic (exact) mass is 725 g/mol. The van der Waals surface area contributed by atoms with Crippen molar-refractivity contribution in [3.8, 4) is 27.9 Å². The molecule has 57 heavy (non-hydrogen) atoms. The largest absolute Gasteiger partial charge is 0.311 e. The molecule has 3 heterocycles. The first kappa shape index (κ1) is 31.7. The summed E-state index contributed by atoms with van der Waals surface area (Å²) in [5.74, 6) is 0. The molecule has 0 spiro atoms. The van der Waals surface area contributed by atoms with E-state index in [-0.39, 0.29) is 0 Å². The molecular formula is C54H35N3. The first-order valence-electron chi connectivity index (χ1n) is 19.6. The third kappa shape index (κ3) is 4.73. The molecule has 0 radical (unpaired) electrons. The Hall–Kier alpha value is -7.62.